The molecule has 0 bridgehead atoms. The maximum Gasteiger partial charge on any atom is 0.306 e. The Morgan fingerprint density at radius 1 is 1.03 bits per heavy atom. The molecule has 0 saturated carbocycles. The third-order valence-corrected chi connectivity index (χ3v) is 6.25. The number of hydrogen-bond acceptors (Lipinski definition) is 5. The van der Waals surface area contributed by atoms with Crippen molar-refractivity contribution in [1.29, 1.82) is 0 Å². The van der Waals surface area contributed by atoms with E-state index in [4.69, 9.17) is 18.9 Å². The summed E-state index contributed by atoms with van der Waals surface area (Å²) in [5.74, 6) is 1.50. The number of benzene rings is 1. The Labute approximate surface area is 187 Å². The molecule has 176 valence electrons. The maximum absolute atomic E-state index is 11.5. The van der Waals surface area contributed by atoms with Crippen LogP contribution in [0.4, 0.5) is 0 Å². The van der Waals surface area contributed by atoms with Crippen LogP contribution in [0.15, 0.2) is 18.2 Å². The summed E-state index contributed by atoms with van der Waals surface area (Å²) in [5, 5.41) is 9.45. The lowest BCUT2D eigenvalue weighted by Gasteiger charge is -2.21. The molecule has 31 heavy (non-hydrogen) atoms. The van der Waals surface area contributed by atoms with Gasteiger partial charge in [-0.2, -0.15) is 0 Å². The Kier molecular flexibility index (Phi) is 10.1. The zero-order valence-corrected chi connectivity index (χ0v) is 19.9. The molecule has 1 aliphatic rings. The van der Waals surface area contributed by atoms with Crippen LogP contribution >= 0.6 is 0 Å². The molecular weight excluding hydrogens is 396 g/mol. The van der Waals surface area contributed by atoms with Gasteiger partial charge in [0.1, 0.15) is 0 Å². The minimum Gasteiger partial charge on any atom is -0.493 e. The van der Waals surface area contributed by atoms with Crippen molar-refractivity contribution in [3.8, 4) is 11.5 Å². The van der Waals surface area contributed by atoms with Gasteiger partial charge in [0.05, 0.1) is 31.8 Å². The van der Waals surface area contributed by atoms with E-state index in [9.17, 15) is 9.90 Å². The summed E-state index contributed by atoms with van der Waals surface area (Å²) in [5.41, 5.74) is 1.21. The van der Waals surface area contributed by atoms with Crippen molar-refractivity contribution < 1.29 is 28.8 Å². The normalized spacial score (nSPS) is 20.0. The number of hydrogen-bond donors (Lipinski definition) is 1. The molecule has 0 unspecified atom stereocenters. The van der Waals surface area contributed by atoms with Crippen molar-refractivity contribution in [1.82, 2.24) is 0 Å². The molecule has 1 aliphatic heterocycles. The fourth-order valence-electron chi connectivity index (χ4n) is 4.04. The molecule has 2 rings (SSSR count). The van der Waals surface area contributed by atoms with E-state index in [1.165, 1.54) is 5.56 Å². The molecular formula is C25H40O6. The minimum atomic E-state index is -0.721. The number of epoxide rings is 1. The Bertz CT molecular complexity index is 687. The van der Waals surface area contributed by atoms with Gasteiger partial charge in [0.25, 0.3) is 0 Å². The summed E-state index contributed by atoms with van der Waals surface area (Å²) >= 11 is 0. The number of ether oxygens (including phenoxy) is 4. The molecule has 0 spiro atoms. The molecule has 1 N–H and O–H groups in total. The van der Waals surface area contributed by atoms with Crippen LogP contribution in [-0.4, -0.2) is 50.7 Å². The van der Waals surface area contributed by atoms with Gasteiger partial charge >= 0.3 is 5.97 Å². The average Bonchev–Trinajstić information content (AvgIpc) is 3.46. The van der Waals surface area contributed by atoms with Crippen molar-refractivity contribution in [2.75, 3.05) is 27.4 Å². The van der Waals surface area contributed by atoms with Crippen molar-refractivity contribution in [2.45, 2.75) is 65.6 Å². The van der Waals surface area contributed by atoms with E-state index < -0.39 is 5.97 Å². The maximum atomic E-state index is 11.5. The summed E-state index contributed by atoms with van der Waals surface area (Å²) < 4.78 is 22.3. The Morgan fingerprint density at radius 3 is 2.32 bits per heavy atom. The minimum absolute atomic E-state index is 0.0697. The van der Waals surface area contributed by atoms with Crippen LogP contribution in [0.2, 0.25) is 0 Å². The predicted molar refractivity (Wildman–Crippen MR) is 121 cm³/mol. The first-order valence-electron chi connectivity index (χ1n) is 11.4. The molecule has 1 aromatic rings. The summed E-state index contributed by atoms with van der Waals surface area (Å²) in [6, 6.07) is 6.14. The molecule has 6 nitrogen and oxygen atoms in total. The summed E-state index contributed by atoms with van der Waals surface area (Å²) in [6.07, 6.45) is 3.53. The SMILES string of the molecule is COCCCOc1cc(C[C@@H](C[C@H]2O[C@@H]2C[C@H](C(=O)O)C(C)C)C(C)C)ccc1OC. The van der Waals surface area contributed by atoms with E-state index in [0.29, 0.717) is 31.5 Å². The van der Waals surface area contributed by atoms with Crippen molar-refractivity contribution in [3.63, 3.8) is 0 Å². The van der Waals surface area contributed by atoms with Gasteiger partial charge in [-0.1, -0.05) is 33.8 Å². The van der Waals surface area contributed by atoms with E-state index in [0.717, 1.165) is 30.8 Å². The van der Waals surface area contributed by atoms with Gasteiger partial charge in [-0.15, -0.1) is 0 Å². The topological polar surface area (TPSA) is 77.5 Å². The molecule has 0 amide bonds. The van der Waals surface area contributed by atoms with Crippen molar-refractivity contribution >= 4 is 5.97 Å². The molecule has 6 heteroatoms. The molecule has 1 saturated heterocycles. The molecule has 0 radical (unpaired) electrons. The van der Waals surface area contributed by atoms with Gasteiger partial charge in [0.2, 0.25) is 0 Å². The highest BCUT2D eigenvalue weighted by molar-refractivity contribution is 5.70. The first-order valence-corrected chi connectivity index (χ1v) is 11.4. The molecule has 0 aliphatic carbocycles. The second kappa shape index (κ2) is 12.3. The first-order chi connectivity index (χ1) is 14.8. The molecule has 1 fully saturated rings. The van der Waals surface area contributed by atoms with Crippen LogP contribution in [0.25, 0.3) is 0 Å². The highest BCUT2D eigenvalue weighted by Crippen LogP contribution is 2.38. The molecule has 4 atom stereocenters. The van der Waals surface area contributed by atoms with Crippen molar-refractivity contribution in [2.24, 2.45) is 23.7 Å². The number of methoxy groups -OCH3 is 2. The number of aliphatic carboxylic acids is 1. The highest BCUT2D eigenvalue weighted by atomic mass is 16.6. The van der Waals surface area contributed by atoms with E-state index >= 15 is 0 Å². The fourth-order valence-corrected chi connectivity index (χ4v) is 4.04. The summed E-state index contributed by atoms with van der Waals surface area (Å²) in [6.45, 7) is 9.65. The number of rotatable bonds is 15. The van der Waals surface area contributed by atoms with E-state index in [1.54, 1.807) is 14.2 Å². The second-order valence-electron chi connectivity index (χ2n) is 9.26. The lowest BCUT2D eigenvalue weighted by molar-refractivity contribution is -0.143. The Morgan fingerprint density at radius 2 is 1.74 bits per heavy atom. The monoisotopic (exact) mass is 436 g/mol. The van der Waals surface area contributed by atoms with Crippen LogP contribution in [-0.2, 0) is 20.7 Å². The van der Waals surface area contributed by atoms with E-state index in [-0.39, 0.29) is 24.0 Å². The van der Waals surface area contributed by atoms with Gasteiger partial charge in [-0.25, -0.2) is 0 Å². The van der Waals surface area contributed by atoms with Gasteiger partial charge in [0.15, 0.2) is 11.5 Å². The number of carbonyl (C=O) groups is 1. The summed E-state index contributed by atoms with van der Waals surface area (Å²) in [7, 11) is 3.34. The number of carboxylic acids is 1. The predicted octanol–water partition coefficient (Wildman–Crippen LogP) is 4.83. The highest BCUT2D eigenvalue weighted by Gasteiger charge is 2.43. The standard InChI is InChI=1S/C25H40O6/c1-16(2)19(14-23-24(31-23)15-20(17(3)4)25(26)27)12-18-8-9-21(29-6)22(13-18)30-11-7-10-28-5/h8-9,13,16-17,19-20,23-24H,7,10-12,14-15H2,1-6H3,(H,26,27)/t19-,20-,23+,24+/m0/s1. The first kappa shape index (κ1) is 25.5. The van der Waals surface area contributed by atoms with Gasteiger partial charge in [-0.3, -0.25) is 4.79 Å². The van der Waals surface area contributed by atoms with Crippen LogP contribution < -0.4 is 9.47 Å². The average molecular weight is 437 g/mol. The largest absolute Gasteiger partial charge is 0.493 e. The molecule has 0 aromatic heterocycles. The molecule has 1 heterocycles. The third kappa shape index (κ3) is 8.00. The Balaban J connectivity index is 1.96. The second-order valence-corrected chi connectivity index (χ2v) is 9.26. The third-order valence-electron chi connectivity index (χ3n) is 6.25. The lowest BCUT2D eigenvalue weighted by Crippen LogP contribution is -2.22. The van der Waals surface area contributed by atoms with Crippen molar-refractivity contribution in [3.05, 3.63) is 23.8 Å². The smallest absolute Gasteiger partial charge is 0.306 e. The molecule has 1 aromatic carbocycles. The number of carboxylic acid groups (broad SMARTS) is 1. The quantitative estimate of drug-likeness (QED) is 0.313. The van der Waals surface area contributed by atoms with E-state index in [2.05, 4.69) is 26.0 Å². The van der Waals surface area contributed by atoms with Gasteiger partial charge in [0, 0.05) is 20.1 Å². The van der Waals surface area contributed by atoms with Crippen LogP contribution in [0.3, 0.4) is 0 Å². The van der Waals surface area contributed by atoms with Crippen LogP contribution in [0.5, 0.6) is 11.5 Å². The van der Waals surface area contributed by atoms with Gasteiger partial charge in [-0.05, 0) is 54.7 Å². The lowest BCUT2D eigenvalue weighted by atomic mass is 9.83. The summed E-state index contributed by atoms with van der Waals surface area (Å²) in [4.78, 5) is 11.5. The van der Waals surface area contributed by atoms with Crippen LogP contribution in [0, 0.1) is 23.7 Å². The van der Waals surface area contributed by atoms with Crippen LogP contribution in [0.1, 0.15) is 52.5 Å². The Hall–Kier alpha value is -1.79. The fraction of sp³-hybridized carbons (Fsp3) is 0.720. The van der Waals surface area contributed by atoms with E-state index in [1.807, 2.05) is 19.9 Å². The van der Waals surface area contributed by atoms with Gasteiger partial charge < -0.3 is 24.1 Å². The zero-order valence-electron chi connectivity index (χ0n) is 19.9. The zero-order chi connectivity index (χ0) is 23.0.